The molecule has 0 aliphatic carbocycles. The Hall–Kier alpha value is -4.13. The third kappa shape index (κ3) is 3.08. The first kappa shape index (κ1) is 17.0. The van der Waals surface area contributed by atoms with Gasteiger partial charge in [-0.05, 0) is 35.9 Å². The van der Waals surface area contributed by atoms with Crippen LogP contribution in [-0.2, 0) is 4.79 Å². The monoisotopic (exact) mass is 380 g/mol. The highest BCUT2D eigenvalue weighted by Gasteiger charge is 2.13. The van der Waals surface area contributed by atoms with Gasteiger partial charge in [0.2, 0.25) is 5.91 Å². The van der Waals surface area contributed by atoms with Crippen molar-refractivity contribution in [2.24, 2.45) is 0 Å². The first-order chi connectivity index (χ1) is 14.2. The summed E-state index contributed by atoms with van der Waals surface area (Å²) in [6, 6.07) is 11.8. The average Bonchev–Trinajstić information content (AvgIpc) is 3.23. The van der Waals surface area contributed by atoms with Gasteiger partial charge < -0.3 is 5.32 Å². The van der Waals surface area contributed by atoms with Crippen molar-refractivity contribution in [3.8, 4) is 22.4 Å². The van der Waals surface area contributed by atoms with Gasteiger partial charge in [-0.25, -0.2) is 4.98 Å². The van der Waals surface area contributed by atoms with E-state index < -0.39 is 0 Å². The molecule has 5 rings (SSSR count). The van der Waals surface area contributed by atoms with Gasteiger partial charge in [0.05, 0.1) is 34.8 Å². The molecule has 4 heterocycles. The molecule has 0 saturated heterocycles. The number of carbonyl (C=O) groups is 1. The molecular formula is C22H16N6O. The van der Waals surface area contributed by atoms with Crippen LogP contribution in [-0.4, -0.2) is 31.1 Å². The standard InChI is InChI=1S/C22H16N6O/c1-13(29)26-17-8-16(10-24-11-17)15-2-3-20-18(9-15)19-12-25-28-22(19)21(27-20)14-4-6-23-7-5-14/h2-12H,1H3,(H,25,28)(H,26,29). The number of pyridine rings is 3. The second-order valence-electron chi connectivity index (χ2n) is 6.73. The number of benzene rings is 1. The van der Waals surface area contributed by atoms with Crippen molar-refractivity contribution in [1.29, 1.82) is 0 Å². The highest BCUT2D eigenvalue weighted by atomic mass is 16.1. The van der Waals surface area contributed by atoms with Crippen molar-refractivity contribution in [2.45, 2.75) is 6.92 Å². The molecule has 0 aliphatic rings. The summed E-state index contributed by atoms with van der Waals surface area (Å²) in [4.78, 5) is 24.5. The van der Waals surface area contributed by atoms with Crippen LogP contribution in [0, 0.1) is 0 Å². The summed E-state index contributed by atoms with van der Waals surface area (Å²) >= 11 is 0. The van der Waals surface area contributed by atoms with E-state index in [4.69, 9.17) is 4.98 Å². The predicted octanol–water partition coefficient (Wildman–Crippen LogP) is 4.19. The molecule has 29 heavy (non-hydrogen) atoms. The van der Waals surface area contributed by atoms with Crippen molar-refractivity contribution in [1.82, 2.24) is 25.1 Å². The smallest absolute Gasteiger partial charge is 0.221 e. The zero-order valence-electron chi connectivity index (χ0n) is 15.5. The van der Waals surface area contributed by atoms with Gasteiger partial charge in [0, 0.05) is 47.4 Å². The highest BCUT2D eigenvalue weighted by molar-refractivity contribution is 6.10. The van der Waals surface area contributed by atoms with Crippen molar-refractivity contribution < 1.29 is 4.79 Å². The van der Waals surface area contributed by atoms with E-state index in [1.807, 2.05) is 36.5 Å². The van der Waals surface area contributed by atoms with Crippen LogP contribution in [0.1, 0.15) is 6.92 Å². The summed E-state index contributed by atoms with van der Waals surface area (Å²) in [5.74, 6) is -0.129. The lowest BCUT2D eigenvalue weighted by molar-refractivity contribution is -0.114. The van der Waals surface area contributed by atoms with Crippen LogP contribution in [0.25, 0.3) is 44.2 Å². The molecule has 5 aromatic rings. The number of carbonyl (C=O) groups excluding carboxylic acids is 1. The fourth-order valence-corrected chi connectivity index (χ4v) is 3.46. The molecular weight excluding hydrogens is 364 g/mol. The van der Waals surface area contributed by atoms with E-state index in [-0.39, 0.29) is 5.91 Å². The summed E-state index contributed by atoms with van der Waals surface area (Å²) in [6.45, 7) is 1.48. The number of nitrogens with one attached hydrogen (secondary N) is 2. The van der Waals surface area contributed by atoms with Crippen molar-refractivity contribution in [2.75, 3.05) is 5.32 Å². The van der Waals surface area contributed by atoms with Crippen LogP contribution in [0.2, 0.25) is 0 Å². The van der Waals surface area contributed by atoms with E-state index in [1.54, 1.807) is 24.8 Å². The maximum absolute atomic E-state index is 11.3. The number of amides is 1. The lowest BCUT2D eigenvalue weighted by Crippen LogP contribution is -2.05. The van der Waals surface area contributed by atoms with Crippen LogP contribution in [0.3, 0.4) is 0 Å². The van der Waals surface area contributed by atoms with Gasteiger partial charge in [0.25, 0.3) is 0 Å². The quantitative estimate of drug-likeness (QED) is 0.489. The average molecular weight is 380 g/mol. The predicted molar refractivity (Wildman–Crippen MR) is 112 cm³/mol. The molecule has 0 saturated carbocycles. The number of hydrogen-bond acceptors (Lipinski definition) is 5. The summed E-state index contributed by atoms with van der Waals surface area (Å²) < 4.78 is 0. The summed E-state index contributed by atoms with van der Waals surface area (Å²) in [5, 5.41) is 12.1. The fourth-order valence-electron chi connectivity index (χ4n) is 3.46. The number of aromatic amines is 1. The number of H-pyrrole nitrogens is 1. The van der Waals surface area contributed by atoms with Crippen LogP contribution >= 0.6 is 0 Å². The van der Waals surface area contributed by atoms with Gasteiger partial charge in [-0.15, -0.1) is 0 Å². The van der Waals surface area contributed by atoms with E-state index in [1.165, 1.54) is 6.92 Å². The van der Waals surface area contributed by atoms with Crippen LogP contribution in [0.4, 0.5) is 5.69 Å². The summed E-state index contributed by atoms with van der Waals surface area (Å²) in [5.41, 5.74) is 6.13. The summed E-state index contributed by atoms with van der Waals surface area (Å²) in [7, 11) is 0. The Morgan fingerprint density at radius 2 is 1.76 bits per heavy atom. The molecule has 140 valence electrons. The number of aromatic nitrogens is 5. The van der Waals surface area contributed by atoms with E-state index >= 15 is 0 Å². The van der Waals surface area contributed by atoms with Crippen LogP contribution < -0.4 is 5.32 Å². The van der Waals surface area contributed by atoms with Gasteiger partial charge in [0.15, 0.2) is 0 Å². The molecule has 0 radical (unpaired) electrons. The van der Waals surface area contributed by atoms with Crippen LogP contribution in [0.5, 0.6) is 0 Å². The fraction of sp³-hybridized carbons (Fsp3) is 0.0455. The van der Waals surface area contributed by atoms with Crippen molar-refractivity contribution in [3.63, 3.8) is 0 Å². The minimum absolute atomic E-state index is 0.129. The molecule has 0 atom stereocenters. The molecule has 0 fully saturated rings. The van der Waals surface area contributed by atoms with Gasteiger partial charge in [-0.2, -0.15) is 5.10 Å². The Labute approximate surface area is 165 Å². The van der Waals surface area contributed by atoms with E-state index in [0.29, 0.717) is 5.69 Å². The molecule has 4 aromatic heterocycles. The number of anilines is 1. The van der Waals surface area contributed by atoms with Gasteiger partial charge in [-0.3, -0.25) is 19.9 Å². The number of nitrogens with zero attached hydrogens (tertiary/aromatic N) is 4. The lowest BCUT2D eigenvalue weighted by Gasteiger charge is -2.09. The van der Waals surface area contributed by atoms with Crippen molar-refractivity contribution >= 4 is 33.4 Å². The topological polar surface area (TPSA) is 96.5 Å². The minimum Gasteiger partial charge on any atom is -0.325 e. The van der Waals surface area contributed by atoms with Gasteiger partial charge >= 0.3 is 0 Å². The van der Waals surface area contributed by atoms with Crippen molar-refractivity contribution in [3.05, 3.63) is 67.4 Å². The Morgan fingerprint density at radius 3 is 2.59 bits per heavy atom. The third-order valence-electron chi connectivity index (χ3n) is 4.74. The van der Waals surface area contributed by atoms with E-state index in [2.05, 4.69) is 31.5 Å². The maximum Gasteiger partial charge on any atom is 0.221 e. The molecule has 2 N–H and O–H groups in total. The Balaban J connectivity index is 1.68. The molecule has 0 spiro atoms. The number of fused-ring (bicyclic) bond motifs is 3. The third-order valence-corrected chi connectivity index (χ3v) is 4.74. The lowest BCUT2D eigenvalue weighted by atomic mass is 10.0. The highest BCUT2D eigenvalue weighted by Crippen LogP contribution is 2.33. The molecule has 1 amide bonds. The van der Waals surface area contributed by atoms with E-state index in [0.717, 1.165) is 44.2 Å². The molecule has 7 nitrogen and oxygen atoms in total. The molecule has 0 bridgehead atoms. The molecule has 0 unspecified atom stereocenters. The first-order valence-corrected chi connectivity index (χ1v) is 9.09. The van der Waals surface area contributed by atoms with E-state index in [9.17, 15) is 4.79 Å². The number of rotatable bonds is 3. The first-order valence-electron chi connectivity index (χ1n) is 9.09. The molecule has 7 heteroatoms. The normalized spacial score (nSPS) is 11.1. The number of hydrogen-bond donors (Lipinski definition) is 2. The maximum atomic E-state index is 11.3. The Bertz CT molecular complexity index is 1360. The molecule has 1 aromatic carbocycles. The Morgan fingerprint density at radius 1 is 0.897 bits per heavy atom. The SMILES string of the molecule is CC(=O)Nc1cncc(-c2ccc3nc(-c4ccncc4)c4[nH]ncc4c3c2)c1. The second kappa shape index (κ2) is 6.79. The van der Waals surface area contributed by atoms with Gasteiger partial charge in [0.1, 0.15) is 0 Å². The zero-order valence-corrected chi connectivity index (χ0v) is 15.5. The second-order valence-corrected chi connectivity index (χ2v) is 6.73. The summed E-state index contributed by atoms with van der Waals surface area (Å²) in [6.07, 6.45) is 8.73. The minimum atomic E-state index is -0.129. The zero-order chi connectivity index (χ0) is 19.8. The molecule has 0 aliphatic heterocycles. The Kier molecular flexibility index (Phi) is 3.98. The largest absolute Gasteiger partial charge is 0.325 e. The van der Waals surface area contributed by atoms with Gasteiger partial charge in [-0.1, -0.05) is 6.07 Å². The van der Waals surface area contributed by atoms with Crippen LogP contribution in [0.15, 0.2) is 67.4 Å².